The first-order valence-corrected chi connectivity index (χ1v) is 8.14. The van der Waals surface area contributed by atoms with Gasteiger partial charge in [0.15, 0.2) is 5.43 Å². The van der Waals surface area contributed by atoms with Gasteiger partial charge in [0.2, 0.25) is 0 Å². The first-order chi connectivity index (χ1) is 10.5. The zero-order valence-electron chi connectivity index (χ0n) is 13.5. The van der Waals surface area contributed by atoms with Gasteiger partial charge in [-0.2, -0.15) is 0 Å². The molecule has 0 saturated heterocycles. The summed E-state index contributed by atoms with van der Waals surface area (Å²) in [4.78, 5) is 29.7. The van der Waals surface area contributed by atoms with Crippen LogP contribution in [-0.4, -0.2) is 28.4 Å². The number of carbonyl (C=O) groups is 1. The van der Waals surface area contributed by atoms with E-state index in [1.807, 2.05) is 25.7 Å². The molecular formula is C18H24N2O2. The monoisotopic (exact) mass is 300 g/mol. The molecule has 4 nitrogen and oxygen atoms in total. The molecule has 118 valence electrons. The molecule has 1 heterocycles. The summed E-state index contributed by atoms with van der Waals surface area (Å²) in [5.41, 5.74) is 0.827. The molecule has 0 unspecified atom stereocenters. The van der Waals surface area contributed by atoms with Gasteiger partial charge in [-0.05, 0) is 51.4 Å². The molecular weight excluding hydrogens is 276 g/mol. The van der Waals surface area contributed by atoms with E-state index in [-0.39, 0.29) is 22.9 Å². The molecule has 0 aromatic carbocycles. The Hall–Kier alpha value is -1.84. The summed E-state index contributed by atoms with van der Waals surface area (Å²) in [5.74, 6) is 1.69. The number of hydrogen-bond donors (Lipinski definition) is 1. The first-order valence-electron chi connectivity index (χ1n) is 8.14. The topological polar surface area (TPSA) is 53.2 Å². The van der Waals surface area contributed by atoms with Crippen LogP contribution in [0.25, 0.3) is 0 Å². The fourth-order valence-electron chi connectivity index (χ4n) is 3.78. The van der Waals surface area contributed by atoms with Crippen molar-refractivity contribution in [3.05, 3.63) is 45.9 Å². The van der Waals surface area contributed by atoms with E-state index < -0.39 is 0 Å². The predicted molar refractivity (Wildman–Crippen MR) is 86.8 cm³/mol. The van der Waals surface area contributed by atoms with E-state index in [1.165, 1.54) is 18.9 Å². The van der Waals surface area contributed by atoms with Crippen LogP contribution < -0.4 is 5.43 Å². The lowest BCUT2D eigenvalue weighted by molar-refractivity contribution is 0.0659. The zero-order valence-corrected chi connectivity index (χ0v) is 13.5. The maximum atomic E-state index is 12.8. The average molecular weight is 300 g/mol. The number of aromatic nitrogens is 1. The molecule has 1 fully saturated rings. The van der Waals surface area contributed by atoms with Crippen LogP contribution in [0, 0.1) is 24.7 Å². The highest BCUT2D eigenvalue weighted by molar-refractivity contribution is 5.94. The second-order valence-electron chi connectivity index (χ2n) is 6.99. The van der Waals surface area contributed by atoms with Gasteiger partial charge in [0.05, 0.1) is 0 Å². The maximum absolute atomic E-state index is 12.8. The van der Waals surface area contributed by atoms with E-state index in [1.54, 1.807) is 6.20 Å². The van der Waals surface area contributed by atoms with E-state index in [0.29, 0.717) is 17.8 Å². The van der Waals surface area contributed by atoms with Crippen molar-refractivity contribution >= 4 is 5.91 Å². The Morgan fingerprint density at radius 1 is 1.36 bits per heavy atom. The van der Waals surface area contributed by atoms with Crippen molar-refractivity contribution in [1.29, 1.82) is 0 Å². The molecule has 3 rings (SSSR count). The van der Waals surface area contributed by atoms with Crippen LogP contribution in [0.4, 0.5) is 0 Å². The Balaban J connectivity index is 1.80. The minimum atomic E-state index is -0.195. The van der Waals surface area contributed by atoms with E-state index in [4.69, 9.17) is 0 Å². The molecule has 3 atom stereocenters. The number of aryl methyl sites for hydroxylation is 1. The number of H-pyrrole nitrogens is 1. The predicted octanol–water partition coefficient (Wildman–Crippen LogP) is 2.75. The van der Waals surface area contributed by atoms with Crippen molar-refractivity contribution in [2.45, 2.75) is 39.7 Å². The van der Waals surface area contributed by atoms with Crippen LogP contribution in [0.2, 0.25) is 0 Å². The number of fused-ring (bicyclic) bond motifs is 2. The molecule has 2 aliphatic rings. The third-order valence-electron chi connectivity index (χ3n) is 5.02. The number of nitrogens with zero attached hydrogens (tertiary/aromatic N) is 1. The number of rotatable bonds is 4. The number of carbonyl (C=O) groups excluding carboxylic acids is 1. The van der Waals surface area contributed by atoms with Crippen LogP contribution in [0.15, 0.2) is 29.2 Å². The minimum absolute atomic E-state index is 0.0938. The maximum Gasteiger partial charge on any atom is 0.259 e. The quantitative estimate of drug-likeness (QED) is 0.869. The van der Waals surface area contributed by atoms with E-state index >= 15 is 0 Å². The number of hydrogen-bond acceptors (Lipinski definition) is 2. The lowest BCUT2D eigenvalue weighted by Gasteiger charge is -2.31. The van der Waals surface area contributed by atoms with Crippen LogP contribution >= 0.6 is 0 Å². The lowest BCUT2D eigenvalue weighted by atomic mass is 9.92. The molecule has 22 heavy (non-hydrogen) atoms. The number of amides is 1. The minimum Gasteiger partial charge on any atom is -0.364 e. The van der Waals surface area contributed by atoms with Gasteiger partial charge in [0, 0.05) is 30.5 Å². The van der Waals surface area contributed by atoms with Crippen molar-refractivity contribution in [2.75, 3.05) is 6.54 Å². The van der Waals surface area contributed by atoms with Gasteiger partial charge >= 0.3 is 0 Å². The van der Waals surface area contributed by atoms with Gasteiger partial charge in [0.1, 0.15) is 5.56 Å². The fraction of sp³-hybridized carbons (Fsp3) is 0.556. The Labute approximate surface area is 131 Å². The molecule has 1 aromatic heterocycles. The normalized spacial score (nSPS) is 25.9. The Kier molecular flexibility index (Phi) is 3.94. The van der Waals surface area contributed by atoms with Crippen LogP contribution in [0.1, 0.15) is 42.7 Å². The molecule has 0 spiro atoms. The lowest BCUT2D eigenvalue weighted by Crippen LogP contribution is -2.43. The highest BCUT2D eigenvalue weighted by Gasteiger charge is 2.37. The summed E-state index contributed by atoms with van der Waals surface area (Å²) in [6.45, 7) is 6.60. The summed E-state index contributed by atoms with van der Waals surface area (Å²) in [7, 11) is 0. The molecule has 0 radical (unpaired) electrons. The van der Waals surface area contributed by atoms with Crippen molar-refractivity contribution < 1.29 is 4.79 Å². The van der Waals surface area contributed by atoms with Gasteiger partial charge in [-0.1, -0.05) is 12.2 Å². The number of allylic oxidation sites excluding steroid dienone is 2. The fourth-order valence-corrected chi connectivity index (χ4v) is 3.78. The third kappa shape index (κ3) is 2.74. The van der Waals surface area contributed by atoms with Crippen LogP contribution in [0.3, 0.4) is 0 Å². The van der Waals surface area contributed by atoms with Crippen molar-refractivity contribution in [3.63, 3.8) is 0 Å². The van der Waals surface area contributed by atoms with Crippen molar-refractivity contribution in [3.8, 4) is 0 Å². The summed E-state index contributed by atoms with van der Waals surface area (Å²) in [6.07, 6.45) is 8.57. The Morgan fingerprint density at radius 3 is 2.68 bits per heavy atom. The summed E-state index contributed by atoms with van der Waals surface area (Å²) in [5, 5.41) is 0. The van der Waals surface area contributed by atoms with Gasteiger partial charge in [0.25, 0.3) is 5.91 Å². The third-order valence-corrected chi connectivity index (χ3v) is 5.02. The largest absolute Gasteiger partial charge is 0.364 e. The van der Waals surface area contributed by atoms with E-state index in [9.17, 15) is 9.59 Å². The highest BCUT2D eigenvalue weighted by Crippen LogP contribution is 2.43. The molecule has 1 amide bonds. The number of pyridine rings is 1. The average Bonchev–Trinajstić information content (AvgIpc) is 3.06. The first kappa shape index (κ1) is 15.1. The standard InChI is InChI=1S/C18H24N2O2/c1-11(2)20(10-15-8-13-4-5-14(15)7-13)18(22)16-9-19-12(3)6-17(16)21/h4-6,9,11,13-15H,7-8,10H2,1-3H3,(H,19,21)/t13-,14-,15+/m0/s1. The zero-order chi connectivity index (χ0) is 15.9. The second-order valence-corrected chi connectivity index (χ2v) is 6.99. The second kappa shape index (κ2) is 5.75. The molecule has 2 aliphatic carbocycles. The van der Waals surface area contributed by atoms with Gasteiger partial charge in [-0.25, -0.2) is 0 Å². The van der Waals surface area contributed by atoms with E-state index in [0.717, 1.165) is 12.2 Å². The SMILES string of the molecule is Cc1cc(=O)c(C(=O)N(C[C@H]2C[C@H]3C=C[C@H]2C3)C(C)C)c[nH]1. The smallest absolute Gasteiger partial charge is 0.259 e. The van der Waals surface area contributed by atoms with Gasteiger partial charge < -0.3 is 9.88 Å². The summed E-state index contributed by atoms with van der Waals surface area (Å²) >= 11 is 0. The molecule has 2 bridgehead atoms. The number of aromatic amines is 1. The van der Waals surface area contributed by atoms with Gasteiger partial charge in [-0.15, -0.1) is 0 Å². The summed E-state index contributed by atoms with van der Waals surface area (Å²) < 4.78 is 0. The Bertz CT molecular complexity index is 659. The molecule has 1 N–H and O–H groups in total. The highest BCUT2D eigenvalue weighted by atomic mass is 16.2. The number of nitrogens with one attached hydrogen (secondary N) is 1. The van der Waals surface area contributed by atoms with Crippen LogP contribution in [-0.2, 0) is 0 Å². The molecule has 1 saturated carbocycles. The van der Waals surface area contributed by atoms with Crippen LogP contribution in [0.5, 0.6) is 0 Å². The van der Waals surface area contributed by atoms with E-state index in [2.05, 4.69) is 17.1 Å². The van der Waals surface area contributed by atoms with Gasteiger partial charge in [-0.3, -0.25) is 9.59 Å². The Morgan fingerprint density at radius 2 is 2.14 bits per heavy atom. The van der Waals surface area contributed by atoms with Crippen molar-refractivity contribution in [1.82, 2.24) is 9.88 Å². The molecule has 4 heteroatoms. The molecule has 1 aromatic rings. The molecule has 0 aliphatic heterocycles. The van der Waals surface area contributed by atoms with Crippen molar-refractivity contribution in [2.24, 2.45) is 17.8 Å². The summed E-state index contributed by atoms with van der Waals surface area (Å²) in [6, 6.07) is 1.59.